The van der Waals surface area contributed by atoms with Crippen LogP contribution in [0.5, 0.6) is 11.8 Å². The summed E-state index contributed by atoms with van der Waals surface area (Å²) in [6.07, 6.45) is 0.676. The molecular formula is C19H26Br2N6O8. The monoisotopic (exact) mass is 624 g/mol. The van der Waals surface area contributed by atoms with Gasteiger partial charge < -0.3 is 18.9 Å². The summed E-state index contributed by atoms with van der Waals surface area (Å²) in [4.78, 5) is 42.4. The van der Waals surface area contributed by atoms with Crippen LogP contribution in [0, 0.1) is 0 Å². The van der Waals surface area contributed by atoms with Crippen molar-refractivity contribution in [2.75, 3.05) is 31.7 Å². The number of carbonyl (C=O) groups is 3. The maximum Gasteiger partial charge on any atom is 0.356 e. The van der Waals surface area contributed by atoms with Crippen molar-refractivity contribution in [2.45, 2.75) is 13.8 Å². The Bertz CT molecular complexity index is 1060. The Hall–Kier alpha value is -3.40. The number of carbonyl (C=O) groups excluding carboxylic acids is 3. The lowest BCUT2D eigenvalue weighted by molar-refractivity contribution is 0.0510. The van der Waals surface area contributed by atoms with E-state index in [9.17, 15) is 19.2 Å². The first kappa shape index (κ1) is 31.6. The molecule has 0 amide bonds. The molecule has 35 heavy (non-hydrogen) atoms. The minimum Gasteiger partial charge on any atom is -0.480 e. The summed E-state index contributed by atoms with van der Waals surface area (Å²) in [5.74, 6) is -0.144. The molecule has 4 N–H and O–H groups in total. The second-order valence-corrected chi connectivity index (χ2v) is 8.15. The summed E-state index contributed by atoms with van der Waals surface area (Å²) in [5.41, 5.74) is 0.533. The third-order valence-corrected chi connectivity index (χ3v) is 3.26. The first-order valence-electron chi connectivity index (χ1n) is 9.67. The van der Waals surface area contributed by atoms with Crippen LogP contribution in [-0.4, -0.2) is 80.5 Å². The number of aldehydes is 1. The first-order valence-corrected chi connectivity index (χ1v) is 11.9. The third-order valence-electron chi connectivity index (χ3n) is 3.26. The Labute approximate surface area is 216 Å². The maximum atomic E-state index is 11.0. The van der Waals surface area contributed by atoms with Crippen LogP contribution >= 0.6 is 31.9 Å². The minimum absolute atomic E-state index is 0.150. The first-order chi connectivity index (χ1) is 16.8. The number of esters is 2. The topological polar surface area (TPSA) is 194 Å². The van der Waals surface area contributed by atoms with Crippen molar-refractivity contribution < 1.29 is 33.3 Å². The molecule has 3 rings (SSSR count). The fourth-order valence-corrected chi connectivity index (χ4v) is 1.85. The largest absolute Gasteiger partial charge is 0.480 e. The van der Waals surface area contributed by atoms with E-state index < -0.39 is 11.9 Å². The van der Waals surface area contributed by atoms with Gasteiger partial charge in [0, 0.05) is 18.2 Å². The molecule has 0 saturated carbocycles. The van der Waals surface area contributed by atoms with Crippen molar-refractivity contribution in [1.29, 1.82) is 0 Å². The lowest BCUT2D eigenvalue weighted by Crippen LogP contribution is -2.04. The van der Waals surface area contributed by atoms with Gasteiger partial charge in [0.15, 0.2) is 6.29 Å². The molecule has 0 aliphatic carbocycles. The molecule has 0 atom stereocenters. The number of nitrogens with one attached hydrogen (secondary N) is 4. The fraction of sp³-hybridized carbons (Fsp3) is 0.368. The zero-order chi connectivity index (χ0) is 26.6. The van der Waals surface area contributed by atoms with Crippen LogP contribution < -0.4 is 15.0 Å². The summed E-state index contributed by atoms with van der Waals surface area (Å²) in [6, 6.07) is 4.16. The van der Waals surface area contributed by atoms with Crippen molar-refractivity contribution in [2.24, 2.45) is 0 Å². The van der Waals surface area contributed by atoms with Gasteiger partial charge in [0.05, 0.1) is 31.7 Å². The lowest BCUT2D eigenvalue weighted by atomic mass is 10.4. The number of halogens is 2. The summed E-state index contributed by atoms with van der Waals surface area (Å²) in [6.45, 7) is 4.08. The van der Waals surface area contributed by atoms with Gasteiger partial charge in [-0.05, 0) is 13.8 Å². The average Bonchev–Trinajstić information content (AvgIpc) is 3.61. The number of nitrogens with zero attached hydrogens (tertiary/aromatic N) is 2. The number of ether oxygens (including phenoxy) is 4. The van der Waals surface area contributed by atoms with Gasteiger partial charge in [-0.1, -0.05) is 31.9 Å². The van der Waals surface area contributed by atoms with Crippen molar-refractivity contribution in [1.82, 2.24) is 30.6 Å². The Morgan fingerprint density at radius 1 is 0.886 bits per heavy atom. The van der Waals surface area contributed by atoms with Gasteiger partial charge in [0.25, 0.3) is 5.56 Å². The summed E-state index contributed by atoms with van der Waals surface area (Å²) < 4.78 is 19.7. The van der Waals surface area contributed by atoms with Gasteiger partial charge in [-0.3, -0.25) is 30.0 Å². The van der Waals surface area contributed by atoms with Crippen molar-refractivity contribution in [3.63, 3.8) is 0 Å². The molecule has 0 aliphatic heterocycles. The smallest absolute Gasteiger partial charge is 0.356 e. The van der Waals surface area contributed by atoms with E-state index >= 15 is 0 Å². The van der Waals surface area contributed by atoms with Gasteiger partial charge in [-0.2, -0.15) is 0 Å². The van der Waals surface area contributed by atoms with Gasteiger partial charge >= 0.3 is 11.9 Å². The standard InChI is InChI=1S/C7H10N2O3.C6H8N2O3.C5H6N2O2.CH2Br2/c1-3-12-7(10)5-4-6(11-2)9-8-5;1-2-11-6(10)4-3-5(9)8-7-4;1-9-5-2-4(3-8)6-7-5;2-1-3/h4H,3H2,1-2H3,(H,8,9);3H,2H2,1H3,(H2,7,8,9);2-3H,1H3,(H,6,7);1H2. The molecule has 0 spiro atoms. The molecule has 0 aromatic carbocycles. The molecule has 16 heteroatoms. The number of rotatable bonds is 7. The van der Waals surface area contributed by atoms with E-state index in [0.29, 0.717) is 42.6 Å². The van der Waals surface area contributed by atoms with Crippen molar-refractivity contribution >= 4 is 50.1 Å². The van der Waals surface area contributed by atoms with Gasteiger partial charge in [-0.25, -0.2) is 9.59 Å². The second kappa shape index (κ2) is 19.0. The van der Waals surface area contributed by atoms with Crippen LogP contribution in [0.4, 0.5) is 0 Å². The van der Waals surface area contributed by atoms with E-state index in [1.807, 2.05) is 0 Å². The van der Waals surface area contributed by atoms with Crippen LogP contribution in [0.25, 0.3) is 0 Å². The molecule has 0 radical (unpaired) electrons. The van der Waals surface area contributed by atoms with E-state index in [-0.39, 0.29) is 11.3 Å². The van der Waals surface area contributed by atoms with E-state index in [1.54, 1.807) is 13.8 Å². The molecule has 0 fully saturated rings. The van der Waals surface area contributed by atoms with E-state index in [4.69, 9.17) is 14.2 Å². The highest BCUT2D eigenvalue weighted by molar-refractivity contribution is 9.24. The molecule has 3 aromatic heterocycles. The van der Waals surface area contributed by atoms with Crippen LogP contribution in [-0.2, 0) is 9.47 Å². The van der Waals surface area contributed by atoms with Crippen LogP contribution in [0.3, 0.4) is 0 Å². The van der Waals surface area contributed by atoms with E-state index in [0.717, 1.165) is 10.3 Å². The molecule has 0 saturated heterocycles. The van der Waals surface area contributed by atoms with Gasteiger partial charge in [0.2, 0.25) is 11.8 Å². The molecule has 194 valence electrons. The Morgan fingerprint density at radius 3 is 1.77 bits per heavy atom. The summed E-state index contributed by atoms with van der Waals surface area (Å²) in [5, 5.41) is 16.9. The predicted molar refractivity (Wildman–Crippen MR) is 132 cm³/mol. The number of H-pyrrole nitrogens is 4. The lowest BCUT2D eigenvalue weighted by Gasteiger charge is -1.95. The normalized spacial score (nSPS) is 9.09. The quantitative estimate of drug-likeness (QED) is 0.172. The van der Waals surface area contributed by atoms with Crippen molar-refractivity contribution in [3.8, 4) is 11.8 Å². The van der Waals surface area contributed by atoms with Crippen LogP contribution in [0.15, 0.2) is 23.0 Å². The number of hydrogen-bond acceptors (Lipinski definition) is 10. The minimum atomic E-state index is -0.522. The average molecular weight is 626 g/mol. The maximum absolute atomic E-state index is 11.0. The summed E-state index contributed by atoms with van der Waals surface area (Å²) in [7, 11) is 2.97. The molecule has 3 aromatic rings. The molecular weight excluding hydrogens is 600 g/mol. The Kier molecular flexibility index (Phi) is 17.1. The number of hydrogen-bond donors (Lipinski definition) is 4. The number of methoxy groups -OCH3 is 2. The molecule has 14 nitrogen and oxygen atoms in total. The third kappa shape index (κ3) is 13.2. The molecule has 0 unspecified atom stereocenters. The molecule has 3 heterocycles. The summed E-state index contributed by atoms with van der Waals surface area (Å²) >= 11 is 6.12. The predicted octanol–water partition coefficient (Wildman–Crippen LogP) is 2.44. The number of aromatic nitrogens is 6. The zero-order valence-electron chi connectivity index (χ0n) is 19.3. The second-order valence-electron chi connectivity index (χ2n) is 5.52. The SMILES string of the molecule is BrCBr.CCOC(=O)c1cc(=O)[nH][nH]1.CCOC(=O)c1cc(OC)n[nH]1.COc1cc(C=O)[nH]n1. The molecule has 0 bridgehead atoms. The van der Waals surface area contributed by atoms with Crippen LogP contribution in [0.1, 0.15) is 45.3 Å². The van der Waals surface area contributed by atoms with E-state index in [1.165, 1.54) is 26.4 Å². The van der Waals surface area contributed by atoms with Gasteiger partial charge in [-0.15, -0.1) is 10.2 Å². The van der Waals surface area contributed by atoms with E-state index in [2.05, 4.69) is 67.2 Å². The zero-order valence-corrected chi connectivity index (χ0v) is 22.5. The number of alkyl halides is 2. The number of aromatic amines is 4. The van der Waals surface area contributed by atoms with Crippen molar-refractivity contribution in [3.05, 3.63) is 45.6 Å². The molecule has 0 aliphatic rings. The Morgan fingerprint density at radius 2 is 1.40 bits per heavy atom. The van der Waals surface area contributed by atoms with Gasteiger partial charge in [0.1, 0.15) is 17.1 Å². The highest BCUT2D eigenvalue weighted by Gasteiger charge is 2.10. The Balaban J connectivity index is 0.000000472. The fourth-order valence-electron chi connectivity index (χ4n) is 1.85. The highest BCUT2D eigenvalue weighted by atomic mass is 79.9. The van der Waals surface area contributed by atoms with Crippen LogP contribution in [0.2, 0.25) is 0 Å². The highest BCUT2D eigenvalue weighted by Crippen LogP contribution is 2.07.